The van der Waals surface area contributed by atoms with Crippen LogP contribution in [0.3, 0.4) is 0 Å². The summed E-state index contributed by atoms with van der Waals surface area (Å²) in [5, 5.41) is 2.86. The Labute approximate surface area is 108 Å². The molecule has 1 atom stereocenters. The number of methoxy groups -OCH3 is 1. The van der Waals surface area contributed by atoms with E-state index in [9.17, 15) is 9.59 Å². The van der Waals surface area contributed by atoms with Gasteiger partial charge in [0.1, 0.15) is 6.04 Å². The number of nitrogens with zero attached hydrogens (tertiary/aromatic N) is 1. The van der Waals surface area contributed by atoms with Gasteiger partial charge in [-0.2, -0.15) is 0 Å². The average Bonchev–Trinajstić information content (AvgIpc) is 3.07. The predicted molar refractivity (Wildman–Crippen MR) is 66.9 cm³/mol. The van der Waals surface area contributed by atoms with Gasteiger partial charge >= 0.3 is 0 Å². The first kappa shape index (κ1) is 13.3. The third kappa shape index (κ3) is 2.66. The second-order valence-corrected chi connectivity index (χ2v) is 5.87. The Morgan fingerprint density at radius 1 is 1.39 bits per heavy atom. The summed E-state index contributed by atoms with van der Waals surface area (Å²) in [5.74, 6) is 0.363. The molecule has 1 unspecified atom stereocenters. The minimum Gasteiger partial charge on any atom is -0.382 e. The molecule has 1 heterocycles. The van der Waals surface area contributed by atoms with Gasteiger partial charge in [0.25, 0.3) is 0 Å². The number of ether oxygens (including phenoxy) is 1. The van der Waals surface area contributed by atoms with Crippen molar-refractivity contribution in [2.24, 2.45) is 5.92 Å². The van der Waals surface area contributed by atoms with Crippen LogP contribution in [-0.4, -0.2) is 48.6 Å². The molecule has 0 aromatic rings. The summed E-state index contributed by atoms with van der Waals surface area (Å²) < 4.78 is 5.19. The molecule has 2 aliphatic rings. The maximum Gasteiger partial charge on any atom is 0.245 e. The van der Waals surface area contributed by atoms with Crippen LogP contribution in [0.25, 0.3) is 0 Å². The van der Waals surface area contributed by atoms with Crippen LogP contribution >= 0.6 is 0 Å². The van der Waals surface area contributed by atoms with E-state index >= 15 is 0 Å². The lowest BCUT2D eigenvalue weighted by molar-refractivity contribution is -0.140. The van der Waals surface area contributed by atoms with Gasteiger partial charge in [0.2, 0.25) is 11.8 Å². The highest BCUT2D eigenvalue weighted by atomic mass is 16.5. The molecule has 0 bridgehead atoms. The molecule has 0 aromatic heterocycles. The van der Waals surface area contributed by atoms with E-state index < -0.39 is 0 Å². The Bertz CT molecular complexity index is 350. The molecule has 1 saturated carbocycles. The average molecular weight is 254 g/mol. The first-order valence-corrected chi connectivity index (χ1v) is 6.55. The van der Waals surface area contributed by atoms with Crippen molar-refractivity contribution in [3.63, 3.8) is 0 Å². The molecule has 2 fully saturated rings. The summed E-state index contributed by atoms with van der Waals surface area (Å²) in [6.45, 7) is 4.91. The first-order valence-electron chi connectivity index (χ1n) is 6.55. The minimum atomic E-state index is -0.370. The van der Waals surface area contributed by atoms with E-state index in [0.29, 0.717) is 25.5 Å². The van der Waals surface area contributed by atoms with E-state index in [1.807, 2.05) is 13.8 Å². The van der Waals surface area contributed by atoms with Crippen LogP contribution in [0.2, 0.25) is 0 Å². The molecule has 1 N–H and O–H groups in total. The van der Waals surface area contributed by atoms with Crippen molar-refractivity contribution in [1.82, 2.24) is 10.2 Å². The number of rotatable bonds is 4. The molecular formula is C13H22N2O3. The Balaban J connectivity index is 2.17. The quantitative estimate of drug-likeness (QED) is 0.796. The topological polar surface area (TPSA) is 58.6 Å². The van der Waals surface area contributed by atoms with E-state index in [2.05, 4.69) is 5.32 Å². The molecule has 5 heteroatoms. The Morgan fingerprint density at radius 2 is 2.06 bits per heavy atom. The van der Waals surface area contributed by atoms with Crippen molar-refractivity contribution in [2.45, 2.75) is 44.7 Å². The molecule has 1 aliphatic heterocycles. The van der Waals surface area contributed by atoms with E-state index in [1.165, 1.54) is 0 Å². The lowest BCUT2D eigenvalue weighted by atomic mass is 10.0. The third-order valence-electron chi connectivity index (χ3n) is 3.73. The zero-order chi connectivity index (χ0) is 13.3. The minimum absolute atomic E-state index is 0.0176. The predicted octanol–water partition coefficient (Wildman–Crippen LogP) is 0.539. The number of carbonyl (C=O) groups is 2. The molecule has 1 aliphatic carbocycles. The van der Waals surface area contributed by atoms with Crippen LogP contribution < -0.4 is 5.32 Å². The molecule has 18 heavy (non-hydrogen) atoms. The van der Waals surface area contributed by atoms with Crippen LogP contribution in [0.1, 0.15) is 33.1 Å². The molecule has 0 spiro atoms. The van der Waals surface area contributed by atoms with Crippen molar-refractivity contribution in [3.05, 3.63) is 0 Å². The second-order valence-electron chi connectivity index (χ2n) is 5.87. The molecule has 102 valence electrons. The Morgan fingerprint density at radius 3 is 2.61 bits per heavy atom. The summed E-state index contributed by atoms with van der Waals surface area (Å²) in [4.78, 5) is 26.0. The largest absolute Gasteiger partial charge is 0.382 e. The van der Waals surface area contributed by atoms with Gasteiger partial charge in [-0.1, -0.05) is 0 Å². The van der Waals surface area contributed by atoms with Crippen LogP contribution in [0, 0.1) is 5.92 Å². The standard InChI is InChI=1S/C13H22N2O3/c1-13(2,8-18-3)15-7-6-10(16)14-11(12(15)17)9-4-5-9/h9,11H,4-8H2,1-3H3,(H,14,16). The molecule has 1 saturated heterocycles. The number of nitrogens with one attached hydrogen (secondary N) is 1. The van der Waals surface area contributed by atoms with E-state index in [0.717, 1.165) is 12.8 Å². The van der Waals surface area contributed by atoms with E-state index in [-0.39, 0.29) is 23.4 Å². The fourth-order valence-electron chi connectivity index (χ4n) is 2.58. The smallest absolute Gasteiger partial charge is 0.245 e. The van der Waals surface area contributed by atoms with Gasteiger partial charge in [0.05, 0.1) is 12.1 Å². The fraction of sp³-hybridized carbons (Fsp3) is 0.846. The SMILES string of the molecule is COCC(C)(C)N1CCC(=O)NC(C2CC2)C1=O. The highest BCUT2D eigenvalue weighted by Crippen LogP contribution is 2.35. The van der Waals surface area contributed by atoms with Gasteiger partial charge in [-0.25, -0.2) is 0 Å². The first-order chi connectivity index (χ1) is 8.45. The van der Waals surface area contributed by atoms with Crippen molar-refractivity contribution < 1.29 is 14.3 Å². The number of amides is 2. The molecule has 5 nitrogen and oxygen atoms in total. The molecule has 0 radical (unpaired) electrons. The maximum absolute atomic E-state index is 12.5. The second kappa shape index (κ2) is 4.88. The Kier molecular flexibility index (Phi) is 3.61. The van der Waals surface area contributed by atoms with Gasteiger partial charge in [-0.3, -0.25) is 9.59 Å². The zero-order valence-electron chi connectivity index (χ0n) is 11.4. The lowest BCUT2D eigenvalue weighted by Gasteiger charge is -2.38. The number of carbonyl (C=O) groups excluding carboxylic acids is 2. The van der Waals surface area contributed by atoms with Gasteiger partial charge in [-0.15, -0.1) is 0 Å². The van der Waals surface area contributed by atoms with Crippen molar-refractivity contribution in [2.75, 3.05) is 20.3 Å². The molecule has 2 amide bonds. The van der Waals surface area contributed by atoms with Gasteiger partial charge in [-0.05, 0) is 32.6 Å². The Hall–Kier alpha value is -1.10. The van der Waals surface area contributed by atoms with Crippen LogP contribution in [0.15, 0.2) is 0 Å². The van der Waals surface area contributed by atoms with Crippen molar-refractivity contribution in [3.8, 4) is 0 Å². The van der Waals surface area contributed by atoms with Crippen molar-refractivity contribution >= 4 is 11.8 Å². The summed E-state index contributed by atoms with van der Waals surface area (Å²) in [6, 6.07) is -0.323. The number of hydrogen-bond acceptors (Lipinski definition) is 3. The normalized spacial score (nSPS) is 25.9. The van der Waals surface area contributed by atoms with Gasteiger partial charge < -0.3 is 15.0 Å². The zero-order valence-corrected chi connectivity index (χ0v) is 11.4. The van der Waals surface area contributed by atoms with Gasteiger partial charge in [0.15, 0.2) is 0 Å². The maximum atomic E-state index is 12.5. The summed E-state index contributed by atoms with van der Waals surface area (Å²) >= 11 is 0. The highest BCUT2D eigenvalue weighted by molar-refractivity contribution is 5.90. The van der Waals surface area contributed by atoms with Crippen LogP contribution in [0.5, 0.6) is 0 Å². The van der Waals surface area contributed by atoms with Crippen molar-refractivity contribution in [1.29, 1.82) is 0 Å². The molecule has 0 aromatic carbocycles. The lowest BCUT2D eigenvalue weighted by Crippen LogP contribution is -2.55. The highest BCUT2D eigenvalue weighted by Gasteiger charge is 2.44. The monoisotopic (exact) mass is 254 g/mol. The summed E-state index contributed by atoms with van der Waals surface area (Å²) in [6.07, 6.45) is 2.45. The van der Waals surface area contributed by atoms with Crippen LogP contribution in [0.4, 0.5) is 0 Å². The third-order valence-corrected chi connectivity index (χ3v) is 3.73. The molecular weight excluding hydrogens is 232 g/mol. The van der Waals surface area contributed by atoms with E-state index in [1.54, 1.807) is 12.0 Å². The summed E-state index contributed by atoms with van der Waals surface area (Å²) in [7, 11) is 1.63. The molecule has 2 rings (SSSR count). The van der Waals surface area contributed by atoms with E-state index in [4.69, 9.17) is 4.74 Å². The fourth-order valence-corrected chi connectivity index (χ4v) is 2.58. The van der Waals surface area contributed by atoms with Crippen LogP contribution in [-0.2, 0) is 14.3 Å². The van der Waals surface area contributed by atoms with Gasteiger partial charge in [0, 0.05) is 20.1 Å². The number of hydrogen-bond donors (Lipinski definition) is 1. The summed E-state index contributed by atoms with van der Waals surface area (Å²) in [5.41, 5.74) is -0.370.